The Kier molecular flexibility index (Phi) is 7.42. The molecule has 0 atom stereocenters. The molecule has 108 valence electrons. The summed E-state index contributed by atoms with van der Waals surface area (Å²) in [6.07, 6.45) is 3.61. The Hall–Kier alpha value is 0.0700. The van der Waals surface area contributed by atoms with Gasteiger partial charge in [-0.15, -0.1) is 0 Å². The summed E-state index contributed by atoms with van der Waals surface area (Å²) < 4.78 is 28.2. The molecule has 18 heavy (non-hydrogen) atoms. The van der Waals surface area contributed by atoms with E-state index in [0.717, 1.165) is 25.7 Å². The normalized spacial score (nSPS) is 25.3. The van der Waals surface area contributed by atoms with Crippen LogP contribution in [0, 0.1) is 0 Å². The number of ether oxygens (including phenoxy) is 1. The molecule has 0 heterocycles. The van der Waals surface area contributed by atoms with Crippen molar-refractivity contribution in [1.29, 1.82) is 0 Å². The van der Waals surface area contributed by atoms with Crippen molar-refractivity contribution in [2.24, 2.45) is 0 Å². The van der Waals surface area contributed by atoms with Crippen LogP contribution in [0.2, 0.25) is 0 Å². The van der Waals surface area contributed by atoms with Crippen LogP contribution in [-0.2, 0) is 18.3 Å². The highest BCUT2D eigenvalue weighted by Crippen LogP contribution is 2.47. The van der Waals surface area contributed by atoms with Gasteiger partial charge in [-0.1, -0.05) is 0 Å². The molecule has 1 aliphatic carbocycles. The molecular weight excluding hydrogens is 255 g/mol. The van der Waals surface area contributed by atoms with Crippen molar-refractivity contribution in [2.75, 3.05) is 26.0 Å². The zero-order chi connectivity index (χ0) is 13.4. The van der Waals surface area contributed by atoms with Gasteiger partial charge in [0, 0.05) is 0 Å². The standard InChI is InChI=1S/C12H25O5P/c1-3-16-18(14,17-4-2)10-9-15-12-7-5-11(13)6-8-12/h11-13H,3-10H2,1-2H3. The molecule has 0 saturated heterocycles. The second-order valence-corrected chi connectivity index (χ2v) is 6.66. The largest absolute Gasteiger partial charge is 0.393 e. The maximum atomic E-state index is 12.1. The fourth-order valence-electron chi connectivity index (χ4n) is 2.10. The fourth-order valence-corrected chi connectivity index (χ4v) is 3.55. The van der Waals surface area contributed by atoms with E-state index in [1.54, 1.807) is 13.8 Å². The number of hydrogen-bond donors (Lipinski definition) is 1. The molecule has 0 aliphatic heterocycles. The molecule has 1 N–H and O–H groups in total. The lowest BCUT2D eigenvalue weighted by molar-refractivity contribution is 0.00184. The summed E-state index contributed by atoms with van der Waals surface area (Å²) in [5, 5.41) is 9.38. The molecular formula is C12H25O5P. The van der Waals surface area contributed by atoms with E-state index in [-0.39, 0.29) is 12.2 Å². The van der Waals surface area contributed by atoms with Crippen LogP contribution in [0.4, 0.5) is 0 Å². The van der Waals surface area contributed by atoms with Gasteiger partial charge >= 0.3 is 7.60 Å². The minimum Gasteiger partial charge on any atom is -0.393 e. The first-order valence-electron chi connectivity index (χ1n) is 6.77. The third-order valence-electron chi connectivity index (χ3n) is 3.01. The van der Waals surface area contributed by atoms with E-state index in [1.807, 2.05) is 0 Å². The SMILES string of the molecule is CCOP(=O)(CCOC1CCC(O)CC1)OCC. The topological polar surface area (TPSA) is 65.0 Å². The zero-order valence-electron chi connectivity index (χ0n) is 11.3. The minimum atomic E-state index is -2.97. The van der Waals surface area contributed by atoms with Crippen LogP contribution >= 0.6 is 7.60 Å². The molecule has 0 aromatic rings. The highest BCUT2D eigenvalue weighted by molar-refractivity contribution is 7.53. The third-order valence-corrected chi connectivity index (χ3v) is 5.05. The van der Waals surface area contributed by atoms with Gasteiger partial charge in [0.25, 0.3) is 0 Å². The minimum absolute atomic E-state index is 0.171. The molecule has 0 radical (unpaired) electrons. The zero-order valence-corrected chi connectivity index (χ0v) is 12.2. The van der Waals surface area contributed by atoms with Crippen LogP contribution in [0.25, 0.3) is 0 Å². The highest BCUT2D eigenvalue weighted by Gasteiger charge is 2.25. The monoisotopic (exact) mass is 280 g/mol. The molecule has 0 amide bonds. The predicted molar refractivity (Wildman–Crippen MR) is 69.9 cm³/mol. The Morgan fingerprint density at radius 3 is 2.17 bits per heavy atom. The van der Waals surface area contributed by atoms with Crippen LogP contribution < -0.4 is 0 Å². The summed E-state index contributed by atoms with van der Waals surface area (Å²) in [5.74, 6) is 0. The van der Waals surface area contributed by atoms with E-state index < -0.39 is 7.60 Å². The quantitative estimate of drug-likeness (QED) is 0.692. The summed E-state index contributed by atoms with van der Waals surface area (Å²) in [5.41, 5.74) is 0. The van der Waals surface area contributed by atoms with E-state index in [4.69, 9.17) is 13.8 Å². The molecule has 1 rings (SSSR count). The molecule has 1 aliphatic rings. The highest BCUT2D eigenvalue weighted by atomic mass is 31.2. The van der Waals surface area contributed by atoms with E-state index in [2.05, 4.69) is 0 Å². The van der Waals surface area contributed by atoms with Crippen LogP contribution in [-0.4, -0.2) is 43.3 Å². The molecule has 1 saturated carbocycles. The van der Waals surface area contributed by atoms with E-state index in [9.17, 15) is 9.67 Å². The lowest BCUT2D eigenvalue weighted by Crippen LogP contribution is -2.25. The lowest BCUT2D eigenvalue weighted by atomic mass is 9.95. The van der Waals surface area contributed by atoms with Crippen LogP contribution in [0.5, 0.6) is 0 Å². The summed E-state index contributed by atoms with van der Waals surface area (Å²) in [6, 6.07) is 0. The van der Waals surface area contributed by atoms with Gasteiger partial charge in [-0.3, -0.25) is 4.57 Å². The van der Waals surface area contributed by atoms with Crippen molar-refractivity contribution >= 4 is 7.60 Å². The summed E-state index contributed by atoms with van der Waals surface area (Å²) in [7, 11) is -2.97. The van der Waals surface area contributed by atoms with E-state index in [1.165, 1.54) is 0 Å². The summed E-state index contributed by atoms with van der Waals surface area (Å²) in [4.78, 5) is 0. The van der Waals surface area contributed by atoms with Gasteiger partial charge in [0.15, 0.2) is 0 Å². The summed E-state index contributed by atoms with van der Waals surface area (Å²) >= 11 is 0. The Morgan fingerprint density at radius 2 is 1.67 bits per heavy atom. The third kappa shape index (κ3) is 5.81. The predicted octanol–water partition coefficient (Wildman–Crippen LogP) is 2.57. The van der Waals surface area contributed by atoms with E-state index >= 15 is 0 Å². The van der Waals surface area contributed by atoms with Gasteiger partial charge in [-0.05, 0) is 39.5 Å². The second kappa shape index (κ2) is 8.28. The molecule has 0 aromatic carbocycles. The number of hydrogen-bond acceptors (Lipinski definition) is 5. The lowest BCUT2D eigenvalue weighted by Gasteiger charge is -2.26. The Morgan fingerprint density at radius 1 is 1.11 bits per heavy atom. The second-order valence-electron chi connectivity index (χ2n) is 4.47. The molecule has 5 nitrogen and oxygen atoms in total. The van der Waals surface area contributed by atoms with Crippen LogP contribution in [0.3, 0.4) is 0 Å². The van der Waals surface area contributed by atoms with Crippen LogP contribution in [0.15, 0.2) is 0 Å². The summed E-state index contributed by atoms with van der Waals surface area (Å²) in [6.45, 7) is 4.75. The van der Waals surface area contributed by atoms with Gasteiger partial charge in [0.1, 0.15) is 0 Å². The van der Waals surface area contributed by atoms with Gasteiger partial charge in [-0.2, -0.15) is 0 Å². The van der Waals surface area contributed by atoms with Gasteiger partial charge in [0.2, 0.25) is 0 Å². The molecule has 1 fully saturated rings. The average Bonchev–Trinajstić information content (AvgIpc) is 2.32. The number of aliphatic hydroxyl groups excluding tert-OH is 1. The van der Waals surface area contributed by atoms with E-state index in [0.29, 0.717) is 26.0 Å². The molecule has 0 spiro atoms. The smallest absolute Gasteiger partial charge is 0.332 e. The average molecular weight is 280 g/mol. The van der Waals surface area contributed by atoms with Crippen molar-refractivity contribution in [3.8, 4) is 0 Å². The van der Waals surface area contributed by atoms with Crippen LogP contribution in [0.1, 0.15) is 39.5 Å². The molecule has 0 aromatic heterocycles. The van der Waals surface area contributed by atoms with Crippen molar-refractivity contribution in [1.82, 2.24) is 0 Å². The number of aliphatic hydroxyl groups is 1. The Bertz CT molecular complexity index is 253. The fraction of sp³-hybridized carbons (Fsp3) is 1.00. The first-order valence-corrected chi connectivity index (χ1v) is 8.50. The maximum absolute atomic E-state index is 12.1. The Labute approximate surface area is 109 Å². The van der Waals surface area contributed by atoms with Gasteiger partial charge in [-0.25, -0.2) is 0 Å². The van der Waals surface area contributed by atoms with Crippen molar-refractivity contribution < 1.29 is 23.5 Å². The molecule has 6 heteroatoms. The number of rotatable bonds is 8. The maximum Gasteiger partial charge on any atom is 0.332 e. The van der Waals surface area contributed by atoms with Crippen molar-refractivity contribution in [3.05, 3.63) is 0 Å². The van der Waals surface area contributed by atoms with Crippen molar-refractivity contribution in [2.45, 2.75) is 51.7 Å². The van der Waals surface area contributed by atoms with Gasteiger partial charge in [0.05, 0.1) is 38.2 Å². The molecule has 0 bridgehead atoms. The molecule has 0 unspecified atom stereocenters. The first kappa shape index (κ1) is 16.1. The Balaban J connectivity index is 2.24. The first-order chi connectivity index (χ1) is 8.59. The van der Waals surface area contributed by atoms with Gasteiger partial charge < -0.3 is 18.9 Å². The van der Waals surface area contributed by atoms with Crippen molar-refractivity contribution in [3.63, 3.8) is 0 Å².